The third-order valence-electron chi connectivity index (χ3n) is 8.48. The van der Waals surface area contributed by atoms with Gasteiger partial charge in [-0.2, -0.15) is 0 Å². The molecule has 8 rings (SSSR count). The zero-order chi connectivity index (χ0) is 25.1. The van der Waals surface area contributed by atoms with Crippen molar-refractivity contribution in [3.05, 3.63) is 156 Å². The summed E-state index contributed by atoms with van der Waals surface area (Å²) in [5.74, 6) is 0.380. The smallest absolute Gasteiger partial charge is 0.0566 e. The van der Waals surface area contributed by atoms with Gasteiger partial charge in [0.05, 0.1) is 6.04 Å². The maximum Gasteiger partial charge on any atom is 0.0566 e. The number of para-hydroxylation sites is 4. The molecule has 4 aromatic carbocycles. The highest BCUT2D eigenvalue weighted by Crippen LogP contribution is 2.52. The lowest BCUT2D eigenvalue weighted by atomic mass is 9.82. The van der Waals surface area contributed by atoms with Crippen LogP contribution >= 0.6 is 0 Å². The van der Waals surface area contributed by atoms with Gasteiger partial charge in [0.25, 0.3) is 0 Å². The van der Waals surface area contributed by atoms with Crippen molar-refractivity contribution in [3.63, 3.8) is 0 Å². The fourth-order valence-corrected chi connectivity index (χ4v) is 6.81. The summed E-state index contributed by atoms with van der Waals surface area (Å²) >= 11 is 0. The molecule has 0 saturated carbocycles. The van der Waals surface area contributed by atoms with Crippen molar-refractivity contribution in [2.45, 2.75) is 24.8 Å². The number of anilines is 2. The van der Waals surface area contributed by atoms with Crippen LogP contribution in [0, 0.1) is 0 Å². The molecule has 2 aliphatic carbocycles. The molecule has 38 heavy (non-hydrogen) atoms. The molecule has 0 saturated heterocycles. The van der Waals surface area contributed by atoms with Crippen LogP contribution in [0.15, 0.2) is 150 Å². The van der Waals surface area contributed by atoms with Crippen molar-refractivity contribution in [1.29, 1.82) is 0 Å². The van der Waals surface area contributed by atoms with E-state index in [1.54, 1.807) is 0 Å². The number of aromatic nitrogens is 1. The first-order valence-corrected chi connectivity index (χ1v) is 13.6. The van der Waals surface area contributed by atoms with E-state index in [-0.39, 0.29) is 0 Å². The Morgan fingerprint density at radius 1 is 0.579 bits per heavy atom. The van der Waals surface area contributed by atoms with Crippen molar-refractivity contribution in [3.8, 4) is 0 Å². The zero-order valence-electron chi connectivity index (χ0n) is 21.2. The molecule has 0 fully saturated rings. The molecule has 5 aromatic rings. The van der Waals surface area contributed by atoms with Gasteiger partial charge >= 0.3 is 0 Å². The Kier molecular flexibility index (Phi) is 4.81. The molecular formula is C36H28N2. The number of benzene rings is 4. The molecule has 0 amide bonds. The number of hydrogen-bond donors (Lipinski definition) is 0. The van der Waals surface area contributed by atoms with Crippen LogP contribution in [0.1, 0.15) is 30.4 Å². The van der Waals surface area contributed by atoms with Crippen LogP contribution in [0.25, 0.3) is 21.8 Å². The fourth-order valence-electron chi connectivity index (χ4n) is 6.81. The Bertz CT molecular complexity index is 1780. The molecule has 0 spiro atoms. The van der Waals surface area contributed by atoms with Gasteiger partial charge in [-0.05, 0) is 66.0 Å². The average Bonchev–Trinajstić information content (AvgIpc) is 3.50. The first kappa shape index (κ1) is 21.5. The Hall–Kier alpha value is -4.56. The van der Waals surface area contributed by atoms with Crippen LogP contribution in [-0.4, -0.2) is 4.57 Å². The summed E-state index contributed by atoms with van der Waals surface area (Å²) in [5.41, 5.74) is 10.9. The normalized spacial score (nSPS) is 20.2. The van der Waals surface area contributed by atoms with Crippen LogP contribution in [-0.2, 0) is 0 Å². The minimum atomic E-state index is 0.294. The molecule has 0 radical (unpaired) electrons. The monoisotopic (exact) mass is 488 g/mol. The highest BCUT2D eigenvalue weighted by Gasteiger charge is 2.36. The van der Waals surface area contributed by atoms with Crippen molar-refractivity contribution < 1.29 is 0 Å². The number of allylic oxidation sites excluding steroid dienone is 8. The van der Waals surface area contributed by atoms with E-state index in [0.717, 1.165) is 12.8 Å². The van der Waals surface area contributed by atoms with Gasteiger partial charge in [0, 0.05) is 44.8 Å². The van der Waals surface area contributed by atoms with Crippen molar-refractivity contribution in [2.75, 3.05) is 4.90 Å². The van der Waals surface area contributed by atoms with E-state index in [2.05, 4.69) is 143 Å². The van der Waals surface area contributed by atoms with E-state index < -0.39 is 0 Å². The quantitative estimate of drug-likeness (QED) is 0.246. The standard InChI is InChI=1S/C36H28N2/c1-2-12-27(13-3-1)37-35-20-9-6-17-31(35)32-24-26(21-22-36(32)37)25-11-10-14-28(23-25)38-33-18-7-4-15-29(33)30-16-5-8-19-34(30)38/h1-22,28,32H,23-24H2. The van der Waals surface area contributed by atoms with Crippen LogP contribution < -0.4 is 4.90 Å². The summed E-state index contributed by atoms with van der Waals surface area (Å²) < 4.78 is 2.54. The summed E-state index contributed by atoms with van der Waals surface area (Å²) in [6, 6.07) is 37.7. The third kappa shape index (κ3) is 3.20. The lowest BCUT2D eigenvalue weighted by Crippen LogP contribution is -2.17. The SMILES string of the molecule is C1=CC(n2c3ccccc3c3ccccc32)CC(C2=CC=C3C(C2)c2ccccc2N3c2ccccc2)=C1. The minimum absolute atomic E-state index is 0.294. The third-order valence-corrected chi connectivity index (χ3v) is 8.48. The molecule has 0 N–H and O–H groups in total. The summed E-state index contributed by atoms with van der Waals surface area (Å²) in [4.78, 5) is 2.45. The Balaban J connectivity index is 1.17. The molecule has 1 aliphatic heterocycles. The summed E-state index contributed by atoms with van der Waals surface area (Å²) in [5, 5.41) is 2.67. The molecule has 1 aromatic heterocycles. The second kappa shape index (κ2) is 8.49. The van der Waals surface area contributed by atoms with Gasteiger partial charge < -0.3 is 9.47 Å². The van der Waals surface area contributed by atoms with Gasteiger partial charge in [-0.1, -0.05) is 97.1 Å². The van der Waals surface area contributed by atoms with Crippen LogP contribution in [0.2, 0.25) is 0 Å². The first-order valence-electron chi connectivity index (χ1n) is 13.6. The molecule has 2 heteroatoms. The lowest BCUT2D eigenvalue weighted by Gasteiger charge is -2.29. The average molecular weight is 489 g/mol. The highest BCUT2D eigenvalue weighted by molar-refractivity contribution is 6.08. The fraction of sp³-hybridized carbons (Fsp3) is 0.111. The van der Waals surface area contributed by atoms with Crippen LogP contribution in [0.4, 0.5) is 11.4 Å². The Labute approximate surface area is 223 Å². The minimum Gasteiger partial charge on any atom is -0.333 e. The van der Waals surface area contributed by atoms with Crippen LogP contribution in [0.5, 0.6) is 0 Å². The topological polar surface area (TPSA) is 8.17 Å². The molecule has 2 unspecified atom stereocenters. The first-order chi connectivity index (χ1) is 18.9. The summed E-state index contributed by atoms with van der Waals surface area (Å²) in [6.45, 7) is 0. The summed E-state index contributed by atoms with van der Waals surface area (Å²) in [6.07, 6.45) is 13.8. The molecule has 2 heterocycles. The largest absolute Gasteiger partial charge is 0.333 e. The van der Waals surface area contributed by atoms with Gasteiger partial charge in [-0.15, -0.1) is 0 Å². The van der Waals surface area contributed by atoms with Gasteiger partial charge in [0.2, 0.25) is 0 Å². The summed E-state index contributed by atoms with van der Waals surface area (Å²) in [7, 11) is 0. The van der Waals surface area contributed by atoms with Gasteiger partial charge in [0.15, 0.2) is 0 Å². The van der Waals surface area contributed by atoms with E-state index >= 15 is 0 Å². The second-order valence-corrected chi connectivity index (χ2v) is 10.5. The van der Waals surface area contributed by atoms with Gasteiger partial charge in [-0.3, -0.25) is 0 Å². The number of rotatable bonds is 3. The van der Waals surface area contributed by atoms with Crippen molar-refractivity contribution in [1.82, 2.24) is 4.57 Å². The van der Waals surface area contributed by atoms with E-state index in [9.17, 15) is 0 Å². The van der Waals surface area contributed by atoms with Crippen molar-refractivity contribution in [2.24, 2.45) is 0 Å². The van der Waals surface area contributed by atoms with Crippen LogP contribution in [0.3, 0.4) is 0 Å². The molecule has 0 bridgehead atoms. The number of hydrogen-bond acceptors (Lipinski definition) is 1. The number of fused-ring (bicyclic) bond motifs is 6. The van der Waals surface area contributed by atoms with Gasteiger partial charge in [-0.25, -0.2) is 0 Å². The van der Waals surface area contributed by atoms with E-state index in [4.69, 9.17) is 0 Å². The van der Waals surface area contributed by atoms with E-state index in [0.29, 0.717) is 12.0 Å². The molecule has 182 valence electrons. The predicted molar refractivity (Wildman–Crippen MR) is 159 cm³/mol. The zero-order valence-corrected chi connectivity index (χ0v) is 21.2. The molecule has 3 aliphatic rings. The Morgan fingerprint density at radius 2 is 1.24 bits per heavy atom. The highest BCUT2D eigenvalue weighted by atomic mass is 15.2. The molecular weight excluding hydrogens is 460 g/mol. The van der Waals surface area contributed by atoms with Gasteiger partial charge in [0.1, 0.15) is 0 Å². The number of nitrogens with zero attached hydrogens (tertiary/aromatic N) is 2. The lowest BCUT2D eigenvalue weighted by molar-refractivity contribution is 0.625. The molecule has 2 atom stereocenters. The Morgan fingerprint density at radius 3 is 2.03 bits per heavy atom. The van der Waals surface area contributed by atoms with Crippen molar-refractivity contribution >= 4 is 33.2 Å². The van der Waals surface area contributed by atoms with E-state index in [1.807, 2.05) is 0 Å². The van der Waals surface area contributed by atoms with E-state index in [1.165, 1.54) is 55.6 Å². The maximum atomic E-state index is 2.54. The maximum absolute atomic E-state index is 2.54. The predicted octanol–water partition coefficient (Wildman–Crippen LogP) is 9.37. The molecule has 2 nitrogen and oxygen atoms in total. The second-order valence-electron chi connectivity index (χ2n) is 10.5.